The number of halogens is 1. The summed E-state index contributed by atoms with van der Waals surface area (Å²) in [6.45, 7) is 0.734. The van der Waals surface area contributed by atoms with Crippen molar-refractivity contribution in [2.75, 3.05) is 16.8 Å². The highest BCUT2D eigenvalue weighted by Gasteiger charge is 2.36. The van der Waals surface area contributed by atoms with Crippen LogP contribution in [0.15, 0.2) is 42.6 Å². The first kappa shape index (κ1) is 17.3. The molecule has 2 aromatic carbocycles. The van der Waals surface area contributed by atoms with Crippen molar-refractivity contribution in [2.24, 2.45) is 5.92 Å². The Hall–Kier alpha value is -2.79. The molecule has 6 heteroatoms. The molecule has 2 amide bonds. The fraction of sp³-hybridized carbons (Fsp3) is 0.273. The van der Waals surface area contributed by atoms with Crippen LogP contribution in [0.3, 0.4) is 0 Å². The molecule has 1 aliphatic heterocycles. The molecule has 0 spiro atoms. The number of carbonyl (C=O) groups is 2. The summed E-state index contributed by atoms with van der Waals surface area (Å²) in [5.41, 5.74) is 4.75. The monoisotopic (exact) mass is 393 g/mol. The molecule has 28 heavy (non-hydrogen) atoms. The molecule has 0 unspecified atom stereocenters. The van der Waals surface area contributed by atoms with Gasteiger partial charge >= 0.3 is 0 Å². The number of nitrogens with one attached hydrogen (secondary N) is 2. The summed E-state index contributed by atoms with van der Waals surface area (Å²) >= 11 is 6.08. The Bertz CT molecular complexity index is 1100. The minimum Gasteiger partial charge on any atom is -0.361 e. The van der Waals surface area contributed by atoms with E-state index in [0.717, 1.165) is 59.2 Å². The number of rotatable bonds is 4. The topological polar surface area (TPSA) is 65.2 Å². The highest BCUT2D eigenvalue weighted by atomic mass is 35.5. The Labute approximate surface area is 167 Å². The average Bonchev–Trinajstić information content (AvgIpc) is 3.34. The molecule has 5 rings (SSSR count). The zero-order valence-electron chi connectivity index (χ0n) is 15.3. The van der Waals surface area contributed by atoms with Gasteiger partial charge in [-0.15, -0.1) is 0 Å². The van der Waals surface area contributed by atoms with E-state index in [1.165, 1.54) is 0 Å². The van der Waals surface area contributed by atoms with Gasteiger partial charge in [0.1, 0.15) is 0 Å². The number of fused-ring (bicyclic) bond motifs is 2. The first-order valence-electron chi connectivity index (χ1n) is 9.58. The van der Waals surface area contributed by atoms with Gasteiger partial charge < -0.3 is 15.2 Å². The molecular weight excluding hydrogens is 374 g/mol. The number of benzene rings is 2. The molecule has 2 N–H and O–H groups in total. The molecule has 2 aliphatic rings. The van der Waals surface area contributed by atoms with Crippen LogP contribution in [0, 0.1) is 5.92 Å². The van der Waals surface area contributed by atoms with Gasteiger partial charge in [-0.3, -0.25) is 9.59 Å². The molecular formula is C22H20ClN3O2. The van der Waals surface area contributed by atoms with Gasteiger partial charge in [-0.05, 0) is 66.8 Å². The first-order valence-corrected chi connectivity index (χ1v) is 9.96. The van der Waals surface area contributed by atoms with Gasteiger partial charge in [0.2, 0.25) is 11.8 Å². The van der Waals surface area contributed by atoms with E-state index in [1.54, 1.807) is 0 Å². The zero-order valence-corrected chi connectivity index (χ0v) is 16.1. The molecule has 5 nitrogen and oxygen atoms in total. The van der Waals surface area contributed by atoms with Gasteiger partial charge in [-0.2, -0.15) is 0 Å². The molecule has 3 aromatic rings. The number of aromatic amines is 1. The van der Waals surface area contributed by atoms with E-state index in [1.807, 2.05) is 47.5 Å². The Morgan fingerprint density at radius 3 is 2.86 bits per heavy atom. The standard InChI is InChI=1S/C22H20ClN3O2/c23-16-3-5-19-18(11-16)15(12-24-19)10-21(27)25-17-4-6-20-14(9-17)7-8-26(20)22(28)13-1-2-13/h3-6,9,11-13,24H,1-2,7-8,10H2,(H,25,27). The van der Waals surface area contributed by atoms with E-state index in [4.69, 9.17) is 11.6 Å². The SMILES string of the molecule is O=C(Cc1c[nH]c2ccc(Cl)cc12)Nc1ccc2c(c1)CCN2C(=O)C1CC1. The molecule has 1 aromatic heterocycles. The number of H-pyrrole nitrogens is 1. The van der Waals surface area contributed by atoms with E-state index in [2.05, 4.69) is 10.3 Å². The van der Waals surface area contributed by atoms with Crippen molar-refractivity contribution in [3.05, 3.63) is 58.7 Å². The molecule has 0 atom stereocenters. The van der Waals surface area contributed by atoms with E-state index in [0.29, 0.717) is 5.02 Å². The summed E-state index contributed by atoms with van der Waals surface area (Å²) in [6.07, 6.45) is 4.97. The minimum atomic E-state index is -0.0789. The third-order valence-electron chi connectivity index (χ3n) is 5.53. The van der Waals surface area contributed by atoms with Crippen molar-refractivity contribution in [1.82, 2.24) is 4.98 Å². The van der Waals surface area contributed by atoms with Gasteiger partial charge in [0.25, 0.3) is 0 Å². The molecule has 1 fully saturated rings. The van der Waals surface area contributed by atoms with Gasteiger partial charge in [0.05, 0.1) is 6.42 Å². The normalized spacial score (nSPS) is 15.7. The lowest BCUT2D eigenvalue weighted by atomic mass is 10.1. The predicted molar refractivity (Wildman–Crippen MR) is 111 cm³/mol. The van der Waals surface area contributed by atoms with Crippen LogP contribution in [0.25, 0.3) is 10.9 Å². The number of carbonyl (C=O) groups excluding carboxylic acids is 2. The Kier molecular flexibility index (Phi) is 4.13. The largest absolute Gasteiger partial charge is 0.361 e. The summed E-state index contributed by atoms with van der Waals surface area (Å²) in [4.78, 5) is 30.0. The second-order valence-electron chi connectivity index (χ2n) is 7.59. The third kappa shape index (κ3) is 3.16. The highest BCUT2D eigenvalue weighted by molar-refractivity contribution is 6.31. The number of nitrogens with zero attached hydrogens (tertiary/aromatic N) is 1. The lowest BCUT2D eigenvalue weighted by molar-refractivity contribution is -0.119. The zero-order chi connectivity index (χ0) is 19.3. The lowest BCUT2D eigenvalue weighted by Gasteiger charge is -2.17. The second-order valence-corrected chi connectivity index (χ2v) is 8.02. The highest BCUT2D eigenvalue weighted by Crippen LogP contribution is 2.37. The van der Waals surface area contributed by atoms with Crippen LogP contribution in [0.4, 0.5) is 11.4 Å². The Morgan fingerprint density at radius 2 is 2.04 bits per heavy atom. The van der Waals surface area contributed by atoms with E-state index >= 15 is 0 Å². The molecule has 1 saturated carbocycles. The molecule has 1 aliphatic carbocycles. The maximum absolute atomic E-state index is 12.6. The van der Waals surface area contributed by atoms with Crippen molar-refractivity contribution in [1.29, 1.82) is 0 Å². The van der Waals surface area contributed by atoms with Crippen LogP contribution in [0.2, 0.25) is 5.02 Å². The van der Waals surface area contributed by atoms with E-state index in [9.17, 15) is 9.59 Å². The van der Waals surface area contributed by atoms with Gasteiger partial charge in [-0.1, -0.05) is 11.6 Å². The van der Waals surface area contributed by atoms with Crippen molar-refractivity contribution in [2.45, 2.75) is 25.7 Å². The van der Waals surface area contributed by atoms with Crippen LogP contribution < -0.4 is 10.2 Å². The molecule has 2 heterocycles. The van der Waals surface area contributed by atoms with Crippen LogP contribution >= 0.6 is 11.6 Å². The number of amides is 2. The maximum Gasteiger partial charge on any atom is 0.230 e. The van der Waals surface area contributed by atoms with Gasteiger partial charge in [0, 0.05) is 46.0 Å². The van der Waals surface area contributed by atoms with Crippen LogP contribution in [0.1, 0.15) is 24.0 Å². The summed E-state index contributed by atoms with van der Waals surface area (Å²) in [7, 11) is 0. The number of hydrogen-bond donors (Lipinski definition) is 2. The van der Waals surface area contributed by atoms with Crippen LogP contribution in [-0.4, -0.2) is 23.3 Å². The van der Waals surface area contributed by atoms with Gasteiger partial charge in [0.15, 0.2) is 0 Å². The molecule has 0 bridgehead atoms. The van der Waals surface area contributed by atoms with Gasteiger partial charge in [-0.25, -0.2) is 0 Å². The smallest absolute Gasteiger partial charge is 0.230 e. The summed E-state index contributed by atoms with van der Waals surface area (Å²) in [6, 6.07) is 11.4. The fourth-order valence-corrected chi connectivity index (χ4v) is 4.11. The van der Waals surface area contributed by atoms with Crippen LogP contribution in [-0.2, 0) is 22.4 Å². The summed E-state index contributed by atoms with van der Waals surface area (Å²) in [5, 5.41) is 4.59. The number of aromatic nitrogens is 1. The summed E-state index contributed by atoms with van der Waals surface area (Å²) in [5.74, 6) is 0.383. The lowest BCUT2D eigenvalue weighted by Crippen LogP contribution is -2.30. The predicted octanol–water partition coefficient (Wildman–Crippen LogP) is 4.30. The molecule has 0 radical (unpaired) electrons. The van der Waals surface area contributed by atoms with Crippen molar-refractivity contribution in [3.63, 3.8) is 0 Å². The first-order chi connectivity index (χ1) is 13.6. The maximum atomic E-state index is 12.6. The fourth-order valence-electron chi connectivity index (χ4n) is 3.93. The quantitative estimate of drug-likeness (QED) is 0.694. The number of hydrogen-bond acceptors (Lipinski definition) is 2. The molecule has 0 saturated heterocycles. The van der Waals surface area contributed by atoms with Crippen LogP contribution in [0.5, 0.6) is 0 Å². The van der Waals surface area contributed by atoms with E-state index < -0.39 is 0 Å². The Morgan fingerprint density at radius 1 is 1.18 bits per heavy atom. The Balaban J connectivity index is 1.30. The van der Waals surface area contributed by atoms with Crippen molar-refractivity contribution in [3.8, 4) is 0 Å². The molecule has 142 valence electrons. The number of anilines is 2. The van der Waals surface area contributed by atoms with E-state index in [-0.39, 0.29) is 24.2 Å². The van der Waals surface area contributed by atoms with Crippen molar-refractivity contribution < 1.29 is 9.59 Å². The second kappa shape index (κ2) is 6.67. The third-order valence-corrected chi connectivity index (χ3v) is 5.77. The van der Waals surface area contributed by atoms with Crippen molar-refractivity contribution >= 4 is 45.7 Å². The summed E-state index contributed by atoms with van der Waals surface area (Å²) < 4.78 is 0. The minimum absolute atomic E-state index is 0.0789. The average molecular weight is 394 g/mol.